The Hall–Kier alpha value is -2.42. The number of nitriles is 1. The minimum Gasteiger partial charge on any atom is -0.359 e. The number of anilines is 1. The number of hydrogen-bond donors (Lipinski definition) is 1. The molecule has 0 saturated carbocycles. The summed E-state index contributed by atoms with van der Waals surface area (Å²) in [5, 5.41) is 13.9. The van der Waals surface area contributed by atoms with Gasteiger partial charge in [0.15, 0.2) is 5.13 Å². The summed E-state index contributed by atoms with van der Waals surface area (Å²) in [6.07, 6.45) is 5.96. The Labute approximate surface area is 189 Å². The lowest BCUT2D eigenvalue weighted by Crippen LogP contribution is -2.39. The van der Waals surface area contributed by atoms with Crippen molar-refractivity contribution in [2.24, 2.45) is 0 Å². The van der Waals surface area contributed by atoms with Crippen molar-refractivity contribution in [3.05, 3.63) is 59.2 Å². The van der Waals surface area contributed by atoms with Crippen LogP contribution in [0.2, 0.25) is 0 Å². The first-order valence-electron chi connectivity index (χ1n) is 11.5. The molecule has 31 heavy (non-hydrogen) atoms. The van der Waals surface area contributed by atoms with Gasteiger partial charge >= 0.3 is 0 Å². The molecule has 2 aromatic carbocycles. The fourth-order valence-corrected chi connectivity index (χ4v) is 5.59. The molecule has 1 aromatic heterocycles. The second-order valence-corrected chi connectivity index (χ2v) is 9.71. The van der Waals surface area contributed by atoms with E-state index >= 15 is 0 Å². The molecular weight excluding hydrogens is 400 g/mol. The Kier molecular flexibility index (Phi) is 7.21. The van der Waals surface area contributed by atoms with Crippen LogP contribution in [-0.4, -0.2) is 35.6 Å². The molecule has 1 aliphatic heterocycles. The first kappa shape index (κ1) is 21.8. The smallest absolute Gasteiger partial charge is 0.184 e. The molecule has 3 aromatic rings. The molecule has 162 valence electrons. The maximum absolute atomic E-state index is 9.16. The number of thiazole rings is 1. The van der Waals surface area contributed by atoms with Gasteiger partial charge in [-0.25, -0.2) is 4.98 Å². The molecule has 1 aliphatic rings. The summed E-state index contributed by atoms with van der Waals surface area (Å²) in [7, 11) is 0. The molecule has 1 N–H and O–H groups in total. The quantitative estimate of drug-likeness (QED) is 0.452. The lowest BCUT2D eigenvalue weighted by Gasteiger charge is -2.32. The van der Waals surface area contributed by atoms with Crippen LogP contribution in [0.25, 0.3) is 10.2 Å². The number of aromatic nitrogens is 1. The third-order valence-electron chi connectivity index (χ3n) is 6.57. The Morgan fingerprint density at radius 3 is 2.74 bits per heavy atom. The zero-order valence-corrected chi connectivity index (χ0v) is 19.4. The van der Waals surface area contributed by atoms with Gasteiger partial charge in [0, 0.05) is 19.1 Å². The molecule has 1 saturated heterocycles. The molecule has 0 bridgehead atoms. The summed E-state index contributed by atoms with van der Waals surface area (Å²) < 4.78 is 1.25. The highest BCUT2D eigenvalue weighted by atomic mass is 32.1. The topological polar surface area (TPSA) is 52.0 Å². The highest BCUT2D eigenvalue weighted by molar-refractivity contribution is 7.22. The van der Waals surface area contributed by atoms with Crippen LogP contribution in [0.15, 0.2) is 42.5 Å². The van der Waals surface area contributed by atoms with Gasteiger partial charge in [-0.1, -0.05) is 42.5 Å². The molecular formula is C26H32N4S. The van der Waals surface area contributed by atoms with Crippen LogP contribution < -0.4 is 5.32 Å². The van der Waals surface area contributed by atoms with E-state index in [1.54, 1.807) is 11.3 Å². The number of rotatable bonds is 8. The molecule has 4 rings (SSSR count). The first-order valence-corrected chi connectivity index (χ1v) is 12.3. The molecule has 0 radical (unpaired) electrons. The number of nitrogens with one attached hydrogen (secondary N) is 1. The minimum atomic E-state index is 0.529. The third-order valence-corrected chi connectivity index (χ3v) is 7.54. The van der Waals surface area contributed by atoms with Crippen LogP contribution >= 0.6 is 11.3 Å². The summed E-state index contributed by atoms with van der Waals surface area (Å²) in [5.74, 6) is 0.588. The van der Waals surface area contributed by atoms with E-state index in [9.17, 15) is 0 Å². The number of para-hydroxylation sites is 1. The van der Waals surface area contributed by atoms with E-state index in [-0.39, 0.29) is 0 Å². The number of benzene rings is 2. The van der Waals surface area contributed by atoms with E-state index < -0.39 is 0 Å². The minimum absolute atomic E-state index is 0.529. The lowest BCUT2D eigenvalue weighted by molar-refractivity contribution is 0.213. The van der Waals surface area contributed by atoms with E-state index in [0.29, 0.717) is 12.0 Å². The molecule has 1 unspecified atom stereocenters. The standard InChI is InChI=1S/C26H32N4S/c1-3-20(21-10-11-22(18-27)19(2)17-21)7-6-14-30-15-12-23(13-16-30)28-26-29-24-8-4-5-9-25(24)31-26/h4-5,8-11,17,20,23H,3,6-7,12-16H2,1-2H3,(H,28,29). The van der Waals surface area contributed by atoms with Crippen molar-refractivity contribution in [3.8, 4) is 6.07 Å². The number of likely N-dealkylation sites (tertiary alicyclic amines) is 1. The van der Waals surface area contributed by atoms with Crippen molar-refractivity contribution in [2.75, 3.05) is 25.0 Å². The van der Waals surface area contributed by atoms with Crippen LogP contribution in [0.4, 0.5) is 5.13 Å². The largest absolute Gasteiger partial charge is 0.359 e. The van der Waals surface area contributed by atoms with Gasteiger partial charge in [-0.15, -0.1) is 0 Å². The average molecular weight is 433 g/mol. The Balaban J connectivity index is 1.21. The van der Waals surface area contributed by atoms with Gasteiger partial charge in [0.2, 0.25) is 0 Å². The van der Waals surface area contributed by atoms with Crippen molar-refractivity contribution in [3.63, 3.8) is 0 Å². The monoisotopic (exact) mass is 432 g/mol. The van der Waals surface area contributed by atoms with Gasteiger partial charge in [-0.05, 0) is 80.8 Å². The Bertz CT molecular complexity index is 1010. The highest BCUT2D eigenvalue weighted by Gasteiger charge is 2.20. The molecule has 1 fully saturated rings. The zero-order valence-electron chi connectivity index (χ0n) is 18.6. The molecule has 4 nitrogen and oxygen atoms in total. The van der Waals surface area contributed by atoms with E-state index in [4.69, 9.17) is 10.2 Å². The molecule has 1 atom stereocenters. The lowest BCUT2D eigenvalue weighted by atomic mass is 9.89. The second-order valence-electron chi connectivity index (χ2n) is 8.68. The number of hydrogen-bond acceptors (Lipinski definition) is 5. The van der Waals surface area contributed by atoms with Crippen molar-refractivity contribution in [1.82, 2.24) is 9.88 Å². The SMILES string of the molecule is CCC(CCCN1CCC(Nc2nc3ccccc3s2)CC1)c1ccc(C#N)c(C)c1. The fourth-order valence-electron chi connectivity index (χ4n) is 4.64. The Morgan fingerprint density at radius 1 is 1.23 bits per heavy atom. The predicted octanol–water partition coefficient (Wildman–Crippen LogP) is 6.33. The van der Waals surface area contributed by atoms with Gasteiger partial charge in [0.05, 0.1) is 21.8 Å². The van der Waals surface area contributed by atoms with Gasteiger partial charge in [-0.2, -0.15) is 5.26 Å². The summed E-state index contributed by atoms with van der Waals surface area (Å²) in [4.78, 5) is 7.34. The first-order chi connectivity index (χ1) is 15.2. The van der Waals surface area contributed by atoms with Crippen molar-refractivity contribution < 1.29 is 0 Å². The molecule has 0 amide bonds. The molecule has 2 heterocycles. The van der Waals surface area contributed by atoms with Gasteiger partial charge in [0.1, 0.15) is 0 Å². The van der Waals surface area contributed by atoms with Crippen LogP contribution in [0.1, 0.15) is 61.6 Å². The maximum atomic E-state index is 9.16. The van der Waals surface area contributed by atoms with Crippen LogP contribution in [0.5, 0.6) is 0 Å². The summed E-state index contributed by atoms with van der Waals surface area (Å²) in [6.45, 7) is 7.82. The highest BCUT2D eigenvalue weighted by Crippen LogP contribution is 2.29. The van der Waals surface area contributed by atoms with Crippen LogP contribution in [0.3, 0.4) is 0 Å². The van der Waals surface area contributed by atoms with Gasteiger partial charge in [-0.3, -0.25) is 0 Å². The van der Waals surface area contributed by atoms with Crippen LogP contribution in [0, 0.1) is 18.3 Å². The third kappa shape index (κ3) is 5.44. The van der Waals surface area contributed by atoms with Crippen molar-refractivity contribution in [1.29, 1.82) is 5.26 Å². The number of nitrogens with zero attached hydrogens (tertiary/aromatic N) is 3. The summed E-state index contributed by atoms with van der Waals surface area (Å²) >= 11 is 1.76. The number of fused-ring (bicyclic) bond motifs is 1. The van der Waals surface area contributed by atoms with E-state index in [0.717, 1.165) is 41.3 Å². The number of aryl methyl sites for hydroxylation is 1. The van der Waals surface area contributed by atoms with E-state index in [1.165, 1.54) is 42.5 Å². The van der Waals surface area contributed by atoms with Gasteiger partial charge < -0.3 is 10.2 Å². The molecule has 5 heteroatoms. The second kappa shape index (κ2) is 10.3. The van der Waals surface area contributed by atoms with Gasteiger partial charge in [0.25, 0.3) is 0 Å². The van der Waals surface area contributed by atoms with E-state index in [2.05, 4.69) is 59.6 Å². The average Bonchev–Trinajstić information content (AvgIpc) is 3.20. The summed E-state index contributed by atoms with van der Waals surface area (Å²) in [6, 6.07) is 17.5. The van der Waals surface area contributed by atoms with Crippen molar-refractivity contribution in [2.45, 2.75) is 57.9 Å². The van der Waals surface area contributed by atoms with E-state index in [1.807, 2.05) is 13.0 Å². The predicted molar refractivity (Wildman–Crippen MR) is 131 cm³/mol. The zero-order chi connectivity index (χ0) is 21.6. The normalized spacial score (nSPS) is 16.3. The number of piperidine rings is 1. The van der Waals surface area contributed by atoms with Crippen LogP contribution in [-0.2, 0) is 0 Å². The van der Waals surface area contributed by atoms with Crippen molar-refractivity contribution >= 4 is 26.7 Å². The maximum Gasteiger partial charge on any atom is 0.184 e. The fraction of sp³-hybridized carbons (Fsp3) is 0.462. The molecule has 0 aliphatic carbocycles. The molecule has 0 spiro atoms. The Morgan fingerprint density at radius 2 is 2.03 bits per heavy atom. The summed E-state index contributed by atoms with van der Waals surface area (Å²) in [5.41, 5.74) is 4.37.